The Morgan fingerprint density at radius 1 is 1.30 bits per heavy atom. The fourth-order valence-corrected chi connectivity index (χ4v) is 4.71. The lowest BCUT2D eigenvalue weighted by Gasteiger charge is -2.48. The number of rotatable bonds is 8. The van der Waals surface area contributed by atoms with Gasteiger partial charge in [-0.3, -0.25) is 19.3 Å². The lowest BCUT2D eigenvalue weighted by atomic mass is 10.0. The molecule has 0 radical (unpaired) electrons. The van der Waals surface area contributed by atoms with Gasteiger partial charge in [0.05, 0.1) is 5.92 Å². The summed E-state index contributed by atoms with van der Waals surface area (Å²) in [5.41, 5.74) is 5.73. The molecule has 0 aliphatic carbocycles. The number of ether oxygens (including phenoxy) is 2. The maximum atomic E-state index is 12.8. The Hall–Kier alpha value is -3.13. The number of hydrogen-bond donors (Lipinski definition) is 2. The van der Waals surface area contributed by atoms with Gasteiger partial charge in [0.2, 0.25) is 6.29 Å². The second-order valence-electron chi connectivity index (χ2n) is 7.23. The van der Waals surface area contributed by atoms with Crippen molar-refractivity contribution in [1.82, 2.24) is 15.2 Å². The number of β-lactam (4-membered cyclic amide) rings is 1. The van der Waals surface area contributed by atoms with Crippen molar-refractivity contribution in [2.45, 2.75) is 38.5 Å². The maximum Gasteiger partial charge on any atom is 0.357 e. The van der Waals surface area contributed by atoms with E-state index in [0.29, 0.717) is 5.75 Å². The Kier molecular flexibility index (Phi) is 7.58. The van der Waals surface area contributed by atoms with Crippen LogP contribution in [0.1, 0.15) is 26.5 Å². The van der Waals surface area contributed by atoms with Gasteiger partial charge in [0.1, 0.15) is 29.9 Å². The summed E-state index contributed by atoms with van der Waals surface area (Å²) in [5.74, 6) is -2.46. The molecule has 1 aromatic rings. The van der Waals surface area contributed by atoms with E-state index in [1.165, 1.54) is 30.7 Å². The van der Waals surface area contributed by atoms with E-state index in [9.17, 15) is 19.2 Å². The number of fused-ring (bicyclic) bond motifs is 1. The summed E-state index contributed by atoms with van der Waals surface area (Å²) in [6, 6.07) is -0.895. The first-order valence-corrected chi connectivity index (χ1v) is 11.8. The molecule has 1 fully saturated rings. The van der Waals surface area contributed by atoms with Crippen molar-refractivity contribution in [1.29, 1.82) is 0 Å². The molecular formula is C19H23N5O7S2. The number of oxime groups is 1. The molecule has 0 saturated carbocycles. The molecule has 0 spiro atoms. The fraction of sp³-hybridized carbons (Fsp3) is 0.474. The molecule has 3 heterocycles. The number of nitrogen functional groups attached to an aromatic ring is 1. The van der Waals surface area contributed by atoms with Crippen LogP contribution >= 0.6 is 23.1 Å². The molecule has 1 saturated heterocycles. The quantitative estimate of drug-likeness (QED) is 0.169. The van der Waals surface area contributed by atoms with Crippen molar-refractivity contribution in [2.75, 3.05) is 18.6 Å². The molecule has 12 nitrogen and oxygen atoms in total. The average molecular weight is 498 g/mol. The van der Waals surface area contributed by atoms with Gasteiger partial charge < -0.3 is 25.4 Å². The minimum Gasteiger partial charge on any atom is -0.425 e. The number of carbonyl (C=O) groups excluding carboxylic acids is 4. The predicted octanol–water partition coefficient (Wildman–Crippen LogP) is 0.448. The number of carbonyl (C=O) groups is 4. The topological polar surface area (TPSA) is 163 Å². The van der Waals surface area contributed by atoms with Gasteiger partial charge in [-0.1, -0.05) is 19.0 Å². The fourth-order valence-electron chi connectivity index (χ4n) is 2.97. The van der Waals surface area contributed by atoms with Crippen molar-refractivity contribution in [2.24, 2.45) is 11.1 Å². The van der Waals surface area contributed by atoms with Crippen molar-refractivity contribution in [3.8, 4) is 0 Å². The average Bonchev–Trinajstić information content (AvgIpc) is 3.20. The first-order valence-electron chi connectivity index (χ1n) is 9.83. The number of esters is 2. The van der Waals surface area contributed by atoms with E-state index < -0.39 is 41.5 Å². The number of amides is 2. The first-order chi connectivity index (χ1) is 15.6. The van der Waals surface area contributed by atoms with E-state index in [-0.39, 0.29) is 28.2 Å². The van der Waals surface area contributed by atoms with E-state index in [2.05, 4.69) is 15.5 Å². The first kappa shape index (κ1) is 24.5. The van der Waals surface area contributed by atoms with Crippen molar-refractivity contribution >= 4 is 57.7 Å². The molecule has 3 N–H and O–H groups in total. The number of anilines is 1. The number of nitrogens with one attached hydrogen (secondary N) is 1. The van der Waals surface area contributed by atoms with Gasteiger partial charge in [0.15, 0.2) is 10.8 Å². The lowest BCUT2D eigenvalue weighted by molar-refractivity contribution is -0.186. The Balaban J connectivity index is 1.65. The molecule has 2 aliphatic heterocycles. The highest BCUT2D eigenvalue weighted by molar-refractivity contribution is 8.00. The van der Waals surface area contributed by atoms with Crippen LogP contribution in [-0.4, -0.2) is 69.9 Å². The van der Waals surface area contributed by atoms with Crippen LogP contribution in [0.15, 0.2) is 22.3 Å². The Morgan fingerprint density at radius 2 is 2.03 bits per heavy atom. The third-order valence-electron chi connectivity index (χ3n) is 4.53. The summed E-state index contributed by atoms with van der Waals surface area (Å²) in [6.07, 6.45) is 0.429. The zero-order chi connectivity index (χ0) is 24.3. The molecule has 2 aliphatic rings. The zero-order valence-corrected chi connectivity index (χ0v) is 19.9. The minimum atomic E-state index is -1.12. The number of hydrogen-bond acceptors (Lipinski definition) is 12. The molecule has 0 bridgehead atoms. The van der Waals surface area contributed by atoms with Crippen LogP contribution in [0.2, 0.25) is 0 Å². The van der Waals surface area contributed by atoms with Crippen LogP contribution in [-0.2, 0) is 33.5 Å². The summed E-state index contributed by atoms with van der Waals surface area (Å²) >= 11 is 2.49. The van der Waals surface area contributed by atoms with Gasteiger partial charge in [-0.05, 0) is 6.08 Å². The third-order valence-corrected chi connectivity index (χ3v) is 6.39. The van der Waals surface area contributed by atoms with Crippen molar-refractivity contribution < 1.29 is 33.5 Å². The standard InChI is InChI=1S/C19H23N5O7S2/c1-8(2)17(27)30-9(3)31-18(28)11-5-6-32-16-13(15(26)24(11)16)22-14(25)12(23-29-4)10-7-33-19(20)21-10/h5,7-9,13,16H,6H2,1-4H3,(H2,20,21)(H,22,25)/b23-12-/t9?,13-,16-/m1/s1. The van der Waals surface area contributed by atoms with E-state index in [1.807, 2.05) is 0 Å². The molecule has 14 heteroatoms. The molecule has 33 heavy (non-hydrogen) atoms. The smallest absolute Gasteiger partial charge is 0.357 e. The number of nitrogens with zero attached hydrogens (tertiary/aromatic N) is 3. The molecule has 1 aromatic heterocycles. The van der Waals surface area contributed by atoms with Crippen LogP contribution in [0.4, 0.5) is 5.13 Å². The molecule has 178 valence electrons. The summed E-state index contributed by atoms with van der Waals surface area (Å²) in [7, 11) is 1.28. The number of nitrogens with two attached hydrogens (primary N) is 1. The van der Waals surface area contributed by atoms with Gasteiger partial charge in [-0.25, -0.2) is 9.78 Å². The second-order valence-corrected chi connectivity index (χ2v) is 9.27. The second kappa shape index (κ2) is 10.2. The molecule has 1 unspecified atom stereocenters. The molecular weight excluding hydrogens is 474 g/mol. The van der Waals surface area contributed by atoms with Crippen LogP contribution in [0.5, 0.6) is 0 Å². The number of thiazole rings is 1. The van der Waals surface area contributed by atoms with Gasteiger partial charge in [0, 0.05) is 18.1 Å². The molecule has 2 amide bonds. The monoisotopic (exact) mass is 497 g/mol. The molecule has 0 aromatic carbocycles. The van der Waals surface area contributed by atoms with Gasteiger partial charge in [0.25, 0.3) is 11.8 Å². The zero-order valence-electron chi connectivity index (χ0n) is 18.3. The van der Waals surface area contributed by atoms with Gasteiger partial charge in [-0.2, -0.15) is 0 Å². The van der Waals surface area contributed by atoms with Crippen molar-refractivity contribution in [3.05, 3.63) is 22.8 Å². The van der Waals surface area contributed by atoms with Crippen LogP contribution < -0.4 is 11.1 Å². The largest absolute Gasteiger partial charge is 0.425 e. The van der Waals surface area contributed by atoms with Crippen LogP contribution in [0.25, 0.3) is 0 Å². The van der Waals surface area contributed by atoms with Crippen LogP contribution in [0.3, 0.4) is 0 Å². The summed E-state index contributed by atoms with van der Waals surface area (Å²) in [5, 5.41) is 7.57. The normalized spacial score (nSPS) is 20.9. The van der Waals surface area contributed by atoms with Crippen LogP contribution in [0, 0.1) is 5.92 Å². The predicted molar refractivity (Wildman–Crippen MR) is 120 cm³/mol. The highest BCUT2D eigenvalue weighted by Gasteiger charge is 2.53. The molecule has 3 atom stereocenters. The maximum absolute atomic E-state index is 12.8. The van der Waals surface area contributed by atoms with E-state index in [4.69, 9.17) is 20.0 Å². The van der Waals surface area contributed by atoms with E-state index in [1.54, 1.807) is 25.3 Å². The number of thioether (sulfide) groups is 1. The van der Waals surface area contributed by atoms with Gasteiger partial charge >= 0.3 is 11.9 Å². The molecule has 3 rings (SSSR count). The Morgan fingerprint density at radius 3 is 2.64 bits per heavy atom. The SMILES string of the molecule is CO/N=C(\C(=O)N[C@@H]1C(=O)N2C(C(=O)OC(C)OC(=O)C(C)C)=CCS[C@H]12)c1csc(N)n1. The third kappa shape index (κ3) is 5.27. The highest BCUT2D eigenvalue weighted by atomic mass is 32.2. The van der Waals surface area contributed by atoms with Crippen molar-refractivity contribution in [3.63, 3.8) is 0 Å². The summed E-state index contributed by atoms with van der Waals surface area (Å²) in [6.45, 7) is 4.72. The minimum absolute atomic E-state index is 0.0275. The van der Waals surface area contributed by atoms with Gasteiger partial charge in [-0.15, -0.1) is 23.1 Å². The Labute approximate surface area is 197 Å². The Bertz CT molecular complexity index is 1020. The van der Waals surface area contributed by atoms with E-state index in [0.717, 1.165) is 11.3 Å². The van der Waals surface area contributed by atoms with E-state index >= 15 is 0 Å². The lowest BCUT2D eigenvalue weighted by Crippen LogP contribution is -2.70. The highest BCUT2D eigenvalue weighted by Crippen LogP contribution is 2.38. The number of aromatic nitrogens is 1. The summed E-state index contributed by atoms with van der Waals surface area (Å²) < 4.78 is 10.2. The summed E-state index contributed by atoms with van der Waals surface area (Å²) in [4.78, 5) is 59.8.